The van der Waals surface area contributed by atoms with E-state index in [4.69, 9.17) is 0 Å². The summed E-state index contributed by atoms with van der Waals surface area (Å²) in [6, 6.07) is 0. The average Bonchev–Trinajstić information content (AvgIpc) is 1.85. The molecule has 1 heterocycles. The topological polar surface area (TPSA) is 4.44 Å². The molecule has 1 rings (SSSR count). The van der Waals surface area contributed by atoms with Gasteiger partial charge in [0, 0.05) is 11.8 Å². The molecule has 2 atom stereocenters. The molecular weight excluding hydrogens is 98.1 g/mol. The zero-order valence-corrected chi connectivity index (χ0v) is 6.07. The summed E-state index contributed by atoms with van der Waals surface area (Å²) in [7, 11) is 2.28. The van der Waals surface area contributed by atoms with Crippen LogP contribution < -0.4 is 4.90 Å². The van der Waals surface area contributed by atoms with Crippen LogP contribution in [0.15, 0.2) is 0 Å². The summed E-state index contributed by atoms with van der Waals surface area (Å²) in [5.74, 6) is 1.91. The first kappa shape index (κ1) is 6.09. The number of likely N-dealkylation sites (tertiary alicyclic amines) is 1. The molecule has 0 radical (unpaired) electrons. The normalized spacial score (nSPS) is 47.6. The van der Waals surface area contributed by atoms with E-state index in [0.717, 1.165) is 11.8 Å². The van der Waals surface area contributed by atoms with Crippen LogP contribution >= 0.6 is 0 Å². The zero-order valence-electron chi connectivity index (χ0n) is 6.07. The van der Waals surface area contributed by atoms with Crippen molar-refractivity contribution in [1.82, 2.24) is 0 Å². The molecule has 0 aromatic heterocycles. The lowest BCUT2D eigenvalue weighted by atomic mass is 10.0. The van der Waals surface area contributed by atoms with E-state index in [1.807, 2.05) is 0 Å². The van der Waals surface area contributed by atoms with Gasteiger partial charge in [0.2, 0.25) is 0 Å². The maximum absolute atomic E-state index is 2.35. The van der Waals surface area contributed by atoms with Gasteiger partial charge in [-0.3, -0.25) is 0 Å². The van der Waals surface area contributed by atoms with Crippen molar-refractivity contribution in [3.63, 3.8) is 0 Å². The monoisotopic (exact) mass is 114 g/mol. The van der Waals surface area contributed by atoms with E-state index >= 15 is 0 Å². The summed E-state index contributed by atoms with van der Waals surface area (Å²) in [6.45, 7) is 7.45. The Hall–Kier alpha value is -0.0400. The van der Waals surface area contributed by atoms with Crippen molar-refractivity contribution in [2.75, 3.05) is 20.1 Å². The molecule has 48 valence electrons. The fourth-order valence-corrected chi connectivity index (χ4v) is 1.58. The predicted molar refractivity (Wildman–Crippen MR) is 34.9 cm³/mol. The van der Waals surface area contributed by atoms with Crippen LogP contribution in [0.1, 0.15) is 13.8 Å². The van der Waals surface area contributed by atoms with E-state index < -0.39 is 0 Å². The number of quaternary nitrogens is 1. The lowest BCUT2D eigenvalue weighted by Crippen LogP contribution is -3.07. The maximum Gasteiger partial charge on any atom is 0.0799 e. The van der Waals surface area contributed by atoms with E-state index in [9.17, 15) is 0 Å². The second-order valence-corrected chi connectivity index (χ2v) is 3.32. The van der Waals surface area contributed by atoms with Crippen LogP contribution in [0, 0.1) is 11.8 Å². The Labute approximate surface area is 51.7 Å². The van der Waals surface area contributed by atoms with Gasteiger partial charge in [0.05, 0.1) is 20.1 Å². The highest BCUT2D eigenvalue weighted by Gasteiger charge is 2.26. The minimum Gasteiger partial charge on any atom is -0.337 e. The minimum absolute atomic E-state index is 0.954. The molecular formula is C7H16N+. The highest BCUT2D eigenvalue weighted by atomic mass is 15.1. The minimum atomic E-state index is 0.954. The van der Waals surface area contributed by atoms with Gasteiger partial charge in [-0.05, 0) is 0 Å². The first-order chi connectivity index (χ1) is 3.70. The summed E-state index contributed by atoms with van der Waals surface area (Å²) in [5.41, 5.74) is 0. The van der Waals surface area contributed by atoms with Crippen molar-refractivity contribution in [1.29, 1.82) is 0 Å². The quantitative estimate of drug-likeness (QED) is 0.444. The molecule has 0 bridgehead atoms. The summed E-state index contributed by atoms with van der Waals surface area (Å²) in [5, 5.41) is 0. The molecule has 0 spiro atoms. The SMILES string of the molecule is CC1C[NH+](C)CC1C. The van der Waals surface area contributed by atoms with Crippen LogP contribution in [-0.2, 0) is 0 Å². The largest absolute Gasteiger partial charge is 0.337 e. The number of hydrogen-bond acceptors (Lipinski definition) is 0. The van der Waals surface area contributed by atoms with Gasteiger partial charge in [-0.1, -0.05) is 13.8 Å². The third-order valence-electron chi connectivity index (χ3n) is 2.31. The summed E-state index contributed by atoms with van der Waals surface area (Å²) >= 11 is 0. The molecule has 0 saturated carbocycles. The molecule has 1 nitrogen and oxygen atoms in total. The molecule has 0 aromatic carbocycles. The van der Waals surface area contributed by atoms with E-state index in [1.165, 1.54) is 13.1 Å². The summed E-state index contributed by atoms with van der Waals surface area (Å²) in [6.07, 6.45) is 0. The molecule has 1 saturated heterocycles. The van der Waals surface area contributed by atoms with E-state index in [1.54, 1.807) is 4.90 Å². The molecule has 0 aliphatic carbocycles. The van der Waals surface area contributed by atoms with Crippen molar-refractivity contribution in [3.8, 4) is 0 Å². The van der Waals surface area contributed by atoms with Gasteiger partial charge in [-0.15, -0.1) is 0 Å². The second-order valence-electron chi connectivity index (χ2n) is 3.32. The van der Waals surface area contributed by atoms with Crippen LogP contribution in [0.5, 0.6) is 0 Å². The Morgan fingerprint density at radius 1 is 1.12 bits per heavy atom. The molecule has 2 unspecified atom stereocenters. The maximum atomic E-state index is 2.35. The van der Waals surface area contributed by atoms with Gasteiger partial charge >= 0.3 is 0 Å². The highest BCUT2D eigenvalue weighted by molar-refractivity contribution is 4.63. The van der Waals surface area contributed by atoms with Gasteiger partial charge in [0.15, 0.2) is 0 Å². The Kier molecular flexibility index (Phi) is 1.57. The van der Waals surface area contributed by atoms with Crippen LogP contribution in [0.25, 0.3) is 0 Å². The van der Waals surface area contributed by atoms with Gasteiger partial charge in [0.1, 0.15) is 0 Å². The van der Waals surface area contributed by atoms with Gasteiger partial charge < -0.3 is 4.90 Å². The fraction of sp³-hybridized carbons (Fsp3) is 1.00. The Morgan fingerprint density at radius 3 is 1.62 bits per heavy atom. The summed E-state index contributed by atoms with van der Waals surface area (Å²) < 4.78 is 0. The van der Waals surface area contributed by atoms with Gasteiger partial charge in [-0.25, -0.2) is 0 Å². The van der Waals surface area contributed by atoms with Gasteiger partial charge in [0.25, 0.3) is 0 Å². The Morgan fingerprint density at radius 2 is 1.50 bits per heavy atom. The van der Waals surface area contributed by atoms with Crippen molar-refractivity contribution >= 4 is 0 Å². The van der Waals surface area contributed by atoms with Crippen LogP contribution in [0.4, 0.5) is 0 Å². The van der Waals surface area contributed by atoms with E-state index in [-0.39, 0.29) is 0 Å². The molecule has 1 N–H and O–H groups in total. The van der Waals surface area contributed by atoms with Crippen molar-refractivity contribution in [2.24, 2.45) is 11.8 Å². The lowest BCUT2D eigenvalue weighted by Gasteiger charge is -2.00. The highest BCUT2D eigenvalue weighted by Crippen LogP contribution is 2.09. The third kappa shape index (κ3) is 1.03. The molecule has 1 fully saturated rings. The average molecular weight is 114 g/mol. The predicted octanol–water partition coefficient (Wildman–Crippen LogP) is -0.213. The first-order valence-electron chi connectivity index (χ1n) is 3.51. The van der Waals surface area contributed by atoms with Crippen molar-refractivity contribution < 1.29 is 4.90 Å². The molecule has 1 heteroatoms. The van der Waals surface area contributed by atoms with Crippen LogP contribution in [0.3, 0.4) is 0 Å². The second kappa shape index (κ2) is 2.06. The number of hydrogen-bond donors (Lipinski definition) is 1. The van der Waals surface area contributed by atoms with Crippen LogP contribution in [-0.4, -0.2) is 20.1 Å². The fourth-order valence-electron chi connectivity index (χ4n) is 1.58. The van der Waals surface area contributed by atoms with Crippen molar-refractivity contribution in [3.05, 3.63) is 0 Å². The van der Waals surface area contributed by atoms with Gasteiger partial charge in [-0.2, -0.15) is 0 Å². The smallest absolute Gasteiger partial charge is 0.0799 e. The first-order valence-corrected chi connectivity index (χ1v) is 3.51. The molecule has 1 aliphatic rings. The van der Waals surface area contributed by atoms with E-state index in [2.05, 4.69) is 20.9 Å². The molecule has 1 aliphatic heterocycles. The molecule has 8 heavy (non-hydrogen) atoms. The third-order valence-corrected chi connectivity index (χ3v) is 2.31. The Bertz CT molecular complexity index is 70.5. The standard InChI is InChI=1S/C7H15N/c1-6-4-8(3)5-7(6)2/h6-7H,4-5H2,1-3H3/p+1. The molecule has 0 aromatic rings. The Balaban J connectivity index is 2.39. The number of nitrogens with one attached hydrogen (secondary N) is 1. The lowest BCUT2D eigenvalue weighted by molar-refractivity contribution is -0.869. The van der Waals surface area contributed by atoms with E-state index in [0.29, 0.717) is 0 Å². The summed E-state index contributed by atoms with van der Waals surface area (Å²) in [4.78, 5) is 1.70. The number of rotatable bonds is 0. The van der Waals surface area contributed by atoms with Crippen LogP contribution in [0.2, 0.25) is 0 Å². The molecule has 0 amide bonds. The zero-order chi connectivity index (χ0) is 6.15. The van der Waals surface area contributed by atoms with Crippen molar-refractivity contribution in [2.45, 2.75) is 13.8 Å².